The Balaban J connectivity index is 1.27. The molecule has 0 radical (unpaired) electrons. The first kappa shape index (κ1) is 19.0. The molecule has 5 heteroatoms. The van der Waals surface area contributed by atoms with Crippen molar-refractivity contribution in [1.29, 1.82) is 0 Å². The molecular formula is C24H24N2O3. The molecule has 0 bridgehead atoms. The number of rotatable bonds is 5. The fraction of sp³-hybridized carbons (Fsp3) is 0.250. The lowest BCUT2D eigenvalue weighted by Crippen LogP contribution is -2.41. The Morgan fingerprint density at radius 1 is 1.03 bits per heavy atom. The number of nitrogens with zero attached hydrogens (tertiary/aromatic N) is 1. The Labute approximate surface area is 170 Å². The highest BCUT2D eigenvalue weighted by molar-refractivity contribution is 6.07. The van der Waals surface area contributed by atoms with Crippen LogP contribution in [0, 0.1) is 5.92 Å². The molecule has 2 heterocycles. The summed E-state index contributed by atoms with van der Waals surface area (Å²) in [5.74, 6) is 1.01. The first-order valence-electron chi connectivity index (χ1n) is 9.97. The van der Waals surface area contributed by atoms with Gasteiger partial charge in [-0.25, -0.2) is 0 Å². The van der Waals surface area contributed by atoms with Crippen LogP contribution >= 0.6 is 0 Å². The van der Waals surface area contributed by atoms with Crippen LogP contribution in [0.4, 0.5) is 0 Å². The van der Waals surface area contributed by atoms with Crippen molar-refractivity contribution < 1.29 is 14.0 Å². The van der Waals surface area contributed by atoms with Crippen LogP contribution < -0.4 is 5.32 Å². The zero-order valence-electron chi connectivity index (χ0n) is 16.2. The lowest BCUT2D eigenvalue weighted by molar-refractivity contribution is -0.127. The minimum Gasteiger partial charge on any atom is -0.465 e. The van der Waals surface area contributed by atoms with Crippen molar-refractivity contribution in [2.24, 2.45) is 5.92 Å². The molecule has 1 aromatic heterocycles. The summed E-state index contributed by atoms with van der Waals surface area (Å²) in [4.78, 5) is 26.8. The molecular weight excluding hydrogens is 364 g/mol. The Kier molecular flexibility index (Phi) is 5.75. The summed E-state index contributed by atoms with van der Waals surface area (Å²) in [5.41, 5.74) is 0.707. The SMILES string of the molecule is O=C(NCC1CCN(C(=O)/C=C/c2ccco2)CC1)c1cccc2ccccc12. The van der Waals surface area contributed by atoms with E-state index in [1.807, 2.05) is 53.4 Å². The van der Waals surface area contributed by atoms with E-state index in [1.165, 1.54) is 0 Å². The van der Waals surface area contributed by atoms with Gasteiger partial charge in [-0.15, -0.1) is 0 Å². The van der Waals surface area contributed by atoms with E-state index in [-0.39, 0.29) is 11.8 Å². The van der Waals surface area contributed by atoms with E-state index >= 15 is 0 Å². The van der Waals surface area contributed by atoms with Gasteiger partial charge in [-0.2, -0.15) is 0 Å². The molecule has 2 aromatic carbocycles. The van der Waals surface area contributed by atoms with Gasteiger partial charge >= 0.3 is 0 Å². The maximum Gasteiger partial charge on any atom is 0.251 e. The highest BCUT2D eigenvalue weighted by atomic mass is 16.3. The van der Waals surface area contributed by atoms with Crippen molar-refractivity contribution in [1.82, 2.24) is 10.2 Å². The predicted molar refractivity (Wildman–Crippen MR) is 113 cm³/mol. The van der Waals surface area contributed by atoms with Gasteiger partial charge in [0.15, 0.2) is 0 Å². The van der Waals surface area contributed by atoms with Crippen LogP contribution in [0.2, 0.25) is 0 Å². The standard InChI is InChI=1S/C24H24N2O3/c27-23(11-10-20-7-4-16-29-20)26-14-12-18(13-15-26)17-25-24(28)22-9-3-6-19-5-1-2-8-21(19)22/h1-11,16,18H,12-15,17H2,(H,25,28)/b11-10+. The van der Waals surface area contributed by atoms with Crippen LogP contribution in [0.25, 0.3) is 16.8 Å². The third-order valence-electron chi connectivity index (χ3n) is 5.45. The molecule has 1 saturated heterocycles. The second-order valence-corrected chi connectivity index (χ2v) is 7.35. The molecule has 0 spiro atoms. The number of fused-ring (bicyclic) bond motifs is 1. The maximum atomic E-state index is 12.7. The van der Waals surface area contributed by atoms with E-state index in [2.05, 4.69) is 5.32 Å². The lowest BCUT2D eigenvalue weighted by Gasteiger charge is -2.31. The summed E-state index contributed by atoms with van der Waals surface area (Å²) in [7, 11) is 0. The van der Waals surface area contributed by atoms with Crippen LogP contribution in [0.3, 0.4) is 0 Å². The van der Waals surface area contributed by atoms with E-state index in [4.69, 9.17) is 4.42 Å². The van der Waals surface area contributed by atoms with E-state index < -0.39 is 0 Å². The fourth-order valence-corrected chi connectivity index (χ4v) is 3.76. The Bertz CT molecular complexity index is 1010. The molecule has 4 rings (SSSR count). The summed E-state index contributed by atoms with van der Waals surface area (Å²) in [6.45, 7) is 2.04. The van der Waals surface area contributed by atoms with Gasteiger partial charge in [0, 0.05) is 31.3 Å². The van der Waals surface area contributed by atoms with Crippen molar-refractivity contribution >= 4 is 28.7 Å². The summed E-state index contributed by atoms with van der Waals surface area (Å²) in [6.07, 6.45) is 6.61. The number of carbonyl (C=O) groups is 2. The number of piperidine rings is 1. The second kappa shape index (κ2) is 8.78. The Hall–Kier alpha value is -3.34. The number of furan rings is 1. The highest BCUT2D eigenvalue weighted by Crippen LogP contribution is 2.20. The first-order chi connectivity index (χ1) is 14.2. The smallest absolute Gasteiger partial charge is 0.251 e. The number of nitrogens with one attached hydrogen (secondary N) is 1. The molecule has 29 heavy (non-hydrogen) atoms. The molecule has 0 unspecified atom stereocenters. The Morgan fingerprint density at radius 2 is 1.83 bits per heavy atom. The zero-order chi connectivity index (χ0) is 20.1. The van der Waals surface area contributed by atoms with Crippen LogP contribution in [-0.2, 0) is 4.79 Å². The number of hydrogen-bond donors (Lipinski definition) is 1. The Morgan fingerprint density at radius 3 is 2.62 bits per heavy atom. The maximum absolute atomic E-state index is 12.7. The van der Waals surface area contributed by atoms with Crippen LogP contribution in [0.15, 0.2) is 71.4 Å². The normalized spacial score (nSPS) is 15.1. The minimum absolute atomic E-state index is 0.000332. The molecule has 1 fully saturated rings. The summed E-state index contributed by atoms with van der Waals surface area (Å²) in [5, 5.41) is 5.11. The summed E-state index contributed by atoms with van der Waals surface area (Å²) in [6, 6.07) is 17.3. The molecule has 1 aliphatic rings. The molecule has 0 aliphatic carbocycles. The molecule has 1 N–H and O–H groups in total. The average Bonchev–Trinajstić information content (AvgIpc) is 3.29. The highest BCUT2D eigenvalue weighted by Gasteiger charge is 2.22. The van der Waals surface area contributed by atoms with Crippen LogP contribution in [0.5, 0.6) is 0 Å². The van der Waals surface area contributed by atoms with Crippen molar-refractivity contribution in [3.05, 3.63) is 78.3 Å². The third-order valence-corrected chi connectivity index (χ3v) is 5.45. The van der Waals surface area contributed by atoms with Gasteiger partial charge in [-0.05, 0) is 53.8 Å². The third kappa shape index (κ3) is 4.57. The molecule has 5 nitrogen and oxygen atoms in total. The molecule has 0 atom stereocenters. The van der Waals surface area contributed by atoms with Crippen LogP contribution in [-0.4, -0.2) is 36.3 Å². The average molecular weight is 388 g/mol. The van der Waals surface area contributed by atoms with Crippen molar-refractivity contribution in [2.75, 3.05) is 19.6 Å². The monoisotopic (exact) mass is 388 g/mol. The summed E-state index contributed by atoms with van der Waals surface area (Å²) >= 11 is 0. The van der Waals surface area contributed by atoms with E-state index in [0.717, 1.165) is 23.6 Å². The molecule has 148 valence electrons. The molecule has 0 saturated carbocycles. The zero-order valence-corrected chi connectivity index (χ0v) is 16.2. The van der Waals surface area contributed by atoms with E-state index in [1.54, 1.807) is 24.5 Å². The summed E-state index contributed by atoms with van der Waals surface area (Å²) < 4.78 is 5.21. The largest absolute Gasteiger partial charge is 0.465 e. The van der Waals surface area contributed by atoms with Gasteiger partial charge in [0.05, 0.1) is 6.26 Å². The van der Waals surface area contributed by atoms with Crippen molar-refractivity contribution in [2.45, 2.75) is 12.8 Å². The number of carbonyl (C=O) groups excluding carboxylic acids is 2. The first-order valence-corrected chi connectivity index (χ1v) is 9.97. The van der Waals surface area contributed by atoms with Crippen molar-refractivity contribution in [3.8, 4) is 0 Å². The molecule has 1 aliphatic heterocycles. The van der Waals surface area contributed by atoms with Crippen LogP contribution in [0.1, 0.15) is 29.0 Å². The van der Waals surface area contributed by atoms with Gasteiger partial charge < -0.3 is 14.6 Å². The topological polar surface area (TPSA) is 62.6 Å². The van der Waals surface area contributed by atoms with E-state index in [9.17, 15) is 9.59 Å². The van der Waals surface area contributed by atoms with Gasteiger partial charge in [0.25, 0.3) is 5.91 Å². The lowest BCUT2D eigenvalue weighted by atomic mass is 9.96. The second-order valence-electron chi connectivity index (χ2n) is 7.35. The van der Waals surface area contributed by atoms with E-state index in [0.29, 0.717) is 36.9 Å². The van der Waals surface area contributed by atoms with Gasteiger partial charge in [0.1, 0.15) is 5.76 Å². The predicted octanol–water partition coefficient (Wildman–Crippen LogP) is 4.11. The van der Waals surface area contributed by atoms with Gasteiger partial charge in [-0.3, -0.25) is 9.59 Å². The minimum atomic E-state index is -0.0401. The fourth-order valence-electron chi connectivity index (χ4n) is 3.76. The number of hydrogen-bond acceptors (Lipinski definition) is 3. The van der Waals surface area contributed by atoms with Gasteiger partial charge in [-0.1, -0.05) is 36.4 Å². The van der Waals surface area contributed by atoms with Gasteiger partial charge in [0.2, 0.25) is 5.91 Å². The number of benzene rings is 2. The molecule has 2 amide bonds. The van der Waals surface area contributed by atoms with Crippen molar-refractivity contribution in [3.63, 3.8) is 0 Å². The number of amides is 2. The quantitative estimate of drug-likeness (QED) is 0.669. The molecule has 3 aromatic rings. The number of likely N-dealkylation sites (tertiary alicyclic amines) is 1.